The van der Waals surface area contributed by atoms with Crippen molar-refractivity contribution in [1.82, 2.24) is 20.5 Å². The van der Waals surface area contributed by atoms with Gasteiger partial charge in [-0.1, -0.05) is 37.3 Å². The molecule has 0 saturated carbocycles. The zero-order valence-electron chi connectivity index (χ0n) is 12.4. The average Bonchev–Trinajstić information content (AvgIpc) is 3.22. The molecular formula is C17H18N4O. The number of aromatic nitrogens is 3. The van der Waals surface area contributed by atoms with E-state index in [-0.39, 0.29) is 5.91 Å². The standard InChI is InChI=1S/C17H18N4O/c1-2-14-13(11-19-21-14)10-18-17(22)16-9-8-15(20-16)12-6-4-3-5-7-12/h3-9,11,20H,2,10H2,1H3,(H,18,22)(H,19,21). The van der Waals surface area contributed by atoms with Gasteiger partial charge in [0.05, 0.1) is 6.20 Å². The molecule has 0 aliphatic rings. The molecule has 2 heterocycles. The first-order chi connectivity index (χ1) is 10.8. The van der Waals surface area contributed by atoms with Crippen LogP contribution in [0, 0.1) is 0 Å². The number of nitrogens with one attached hydrogen (secondary N) is 3. The van der Waals surface area contributed by atoms with Crippen molar-refractivity contribution < 1.29 is 4.79 Å². The van der Waals surface area contributed by atoms with Crippen molar-refractivity contribution in [2.45, 2.75) is 19.9 Å². The highest BCUT2D eigenvalue weighted by Gasteiger charge is 2.10. The van der Waals surface area contributed by atoms with E-state index < -0.39 is 0 Å². The fourth-order valence-electron chi connectivity index (χ4n) is 2.38. The van der Waals surface area contributed by atoms with Gasteiger partial charge in [-0.15, -0.1) is 0 Å². The van der Waals surface area contributed by atoms with E-state index in [4.69, 9.17) is 0 Å². The van der Waals surface area contributed by atoms with Crippen molar-refractivity contribution in [1.29, 1.82) is 0 Å². The van der Waals surface area contributed by atoms with E-state index in [9.17, 15) is 4.79 Å². The summed E-state index contributed by atoms with van der Waals surface area (Å²) in [6.45, 7) is 2.52. The number of benzene rings is 1. The Morgan fingerprint density at radius 3 is 2.77 bits per heavy atom. The monoisotopic (exact) mass is 294 g/mol. The lowest BCUT2D eigenvalue weighted by Crippen LogP contribution is -2.23. The first-order valence-electron chi connectivity index (χ1n) is 7.31. The fraction of sp³-hybridized carbons (Fsp3) is 0.176. The van der Waals surface area contributed by atoms with E-state index in [0.717, 1.165) is 28.9 Å². The lowest BCUT2D eigenvalue weighted by molar-refractivity contribution is 0.0946. The largest absolute Gasteiger partial charge is 0.351 e. The van der Waals surface area contributed by atoms with Gasteiger partial charge in [-0.05, 0) is 24.1 Å². The molecular weight excluding hydrogens is 276 g/mol. The molecule has 1 amide bonds. The molecule has 3 rings (SSSR count). The molecule has 3 N–H and O–H groups in total. The van der Waals surface area contributed by atoms with Crippen LogP contribution in [0.2, 0.25) is 0 Å². The number of carbonyl (C=O) groups is 1. The third-order valence-corrected chi connectivity index (χ3v) is 3.62. The Labute approximate surface area is 128 Å². The molecule has 2 aromatic heterocycles. The topological polar surface area (TPSA) is 73.6 Å². The van der Waals surface area contributed by atoms with E-state index in [0.29, 0.717) is 12.2 Å². The van der Waals surface area contributed by atoms with E-state index in [2.05, 4.69) is 27.4 Å². The van der Waals surface area contributed by atoms with Gasteiger partial charge in [0, 0.05) is 23.5 Å². The van der Waals surface area contributed by atoms with E-state index in [1.54, 1.807) is 12.3 Å². The minimum atomic E-state index is -0.120. The smallest absolute Gasteiger partial charge is 0.267 e. The van der Waals surface area contributed by atoms with Crippen LogP contribution in [-0.4, -0.2) is 21.1 Å². The van der Waals surface area contributed by atoms with Crippen LogP contribution in [0.3, 0.4) is 0 Å². The predicted octanol–water partition coefficient (Wildman–Crippen LogP) is 2.90. The molecule has 0 radical (unpaired) electrons. The number of rotatable bonds is 5. The third kappa shape index (κ3) is 2.93. The average molecular weight is 294 g/mol. The molecule has 5 heteroatoms. The fourth-order valence-corrected chi connectivity index (χ4v) is 2.38. The quantitative estimate of drug-likeness (QED) is 0.677. The number of aromatic amines is 2. The molecule has 0 unspecified atom stereocenters. The lowest BCUT2D eigenvalue weighted by atomic mass is 10.2. The minimum Gasteiger partial charge on any atom is -0.351 e. The second-order valence-electron chi connectivity index (χ2n) is 5.06. The summed E-state index contributed by atoms with van der Waals surface area (Å²) in [5, 5.41) is 9.85. The Balaban J connectivity index is 1.67. The zero-order chi connectivity index (χ0) is 15.4. The first-order valence-corrected chi connectivity index (χ1v) is 7.31. The van der Waals surface area contributed by atoms with Crippen molar-refractivity contribution in [2.75, 3.05) is 0 Å². The normalized spacial score (nSPS) is 10.6. The Bertz CT molecular complexity index is 758. The summed E-state index contributed by atoms with van der Waals surface area (Å²) in [5.41, 5.74) is 4.62. The van der Waals surface area contributed by atoms with Crippen molar-refractivity contribution in [3.8, 4) is 11.3 Å². The van der Waals surface area contributed by atoms with E-state index in [1.165, 1.54) is 0 Å². The molecule has 0 saturated heterocycles. The van der Waals surface area contributed by atoms with Crippen molar-refractivity contribution in [3.05, 3.63) is 65.6 Å². The number of H-pyrrole nitrogens is 2. The number of hydrogen-bond acceptors (Lipinski definition) is 2. The van der Waals surface area contributed by atoms with Crippen LogP contribution in [0.5, 0.6) is 0 Å². The molecule has 5 nitrogen and oxygen atoms in total. The molecule has 22 heavy (non-hydrogen) atoms. The molecule has 3 aromatic rings. The highest BCUT2D eigenvalue weighted by Crippen LogP contribution is 2.17. The van der Waals surface area contributed by atoms with E-state index >= 15 is 0 Å². The van der Waals surface area contributed by atoms with Crippen molar-refractivity contribution in [2.24, 2.45) is 0 Å². The number of hydrogen-bond donors (Lipinski definition) is 3. The van der Waals surface area contributed by atoms with Gasteiger partial charge >= 0.3 is 0 Å². The molecule has 0 aliphatic carbocycles. The van der Waals surface area contributed by atoms with Gasteiger partial charge in [0.2, 0.25) is 0 Å². The van der Waals surface area contributed by atoms with Gasteiger partial charge in [0.1, 0.15) is 5.69 Å². The summed E-state index contributed by atoms with van der Waals surface area (Å²) in [7, 11) is 0. The number of nitrogens with zero attached hydrogens (tertiary/aromatic N) is 1. The SMILES string of the molecule is CCc1[nH]ncc1CNC(=O)c1ccc(-c2ccccc2)[nH]1. The maximum Gasteiger partial charge on any atom is 0.267 e. The van der Waals surface area contributed by atoms with Gasteiger partial charge in [0.25, 0.3) is 5.91 Å². The van der Waals surface area contributed by atoms with Crippen LogP contribution in [0.1, 0.15) is 28.7 Å². The predicted molar refractivity (Wildman–Crippen MR) is 85.4 cm³/mol. The highest BCUT2D eigenvalue weighted by atomic mass is 16.1. The van der Waals surface area contributed by atoms with Gasteiger partial charge in [0.15, 0.2) is 0 Å². The van der Waals surface area contributed by atoms with Gasteiger partial charge in [-0.25, -0.2) is 0 Å². The minimum absolute atomic E-state index is 0.120. The highest BCUT2D eigenvalue weighted by molar-refractivity contribution is 5.93. The Morgan fingerprint density at radius 2 is 2.00 bits per heavy atom. The van der Waals surface area contributed by atoms with Gasteiger partial charge in [-0.3, -0.25) is 9.89 Å². The lowest BCUT2D eigenvalue weighted by Gasteiger charge is -2.04. The summed E-state index contributed by atoms with van der Waals surface area (Å²) >= 11 is 0. The molecule has 0 spiro atoms. The molecule has 0 aliphatic heterocycles. The third-order valence-electron chi connectivity index (χ3n) is 3.62. The second-order valence-corrected chi connectivity index (χ2v) is 5.06. The van der Waals surface area contributed by atoms with Crippen LogP contribution >= 0.6 is 0 Å². The molecule has 0 fully saturated rings. The molecule has 0 atom stereocenters. The Hall–Kier alpha value is -2.82. The van der Waals surface area contributed by atoms with Crippen LogP contribution in [-0.2, 0) is 13.0 Å². The number of carbonyl (C=O) groups excluding carboxylic acids is 1. The maximum atomic E-state index is 12.2. The summed E-state index contributed by atoms with van der Waals surface area (Å²) in [6.07, 6.45) is 2.62. The summed E-state index contributed by atoms with van der Waals surface area (Å²) < 4.78 is 0. The van der Waals surface area contributed by atoms with Crippen molar-refractivity contribution in [3.63, 3.8) is 0 Å². The Kier molecular flexibility index (Phi) is 4.05. The first kappa shape index (κ1) is 14.1. The molecule has 1 aromatic carbocycles. The molecule has 0 bridgehead atoms. The molecule has 112 valence electrons. The van der Waals surface area contributed by atoms with Crippen molar-refractivity contribution >= 4 is 5.91 Å². The van der Waals surface area contributed by atoms with Crippen LogP contribution in [0.15, 0.2) is 48.7 Å². The van der Waals surface area contributed by atoms with Gasteiger partial charge < -0.3 is 10.3 Å². The maximum absolute atomic E-state index is 12.2. The second kappa shape index (κ2) is 6.30. The zero-order valence-corrected chi connectivity index (χ0v) is 12.4. The van der Waals surface area contributed by atoms with Gasteiger partial charge in [-0.2, -0.15) is 5.10 Å². The Morgan fingerprint density at radius 1 is 1.18 bits per heavy atom. The van der Waals surface area contributed by atoms with Crippen LogP contribution in [0.25, 0.3) is 11.3 Å². The summed E-state index contributed by atoms with van der Waals surface area (Å²) in [4.78, 5) is 15.4. The summed E-state index contributed by atoms with van der Waals surface area (Å²) in [6, 6.07) is 13.6. The van der Waals surface area contributed by atoms with Crippen LogP contribution in [0.4, 0.5) is 0 Å². The summed E-state index contributed by atoms with van der Waals surface area (Å²) in [5.74, 6) is -0.120. The number of aryl methyl sites for hydroxylation is 1. The van der Waals surface area contributed by atoms with Crippen LogP contribution < -0.4 is 5.32 Å². The number of amides is 1. The van der Waals surface area contributed by atoms with E-state index in [1.807, 2.05) is 36.4 Å².